The van der Waals surface area contributed by atoms with Crippen LogP contribution in [0.2, 0.25) is 0 Å². The van der Waals surface area contributed by atoms with E-state index < -0.39 is 22.7 Å². The molecule has 0 radical (unpaired) electrons. The van der Waals surface area contributed by atoms with Crippen molar-refractivity contribution in [3.05, 3.63) is 16.1 Å². The average Bonchev–Trinajstić information content (AvgIpc) is 2.77. The number of hydrogen-bond acceptors (Lipinski definition) is 4. The van der Waals surface area contributed by atoms with Gasteiger partial charge in [-0.3, -0.25) is 4.79 Å². The van der Waals surface area contributed by atoms with E-state index in [4.69, 9.17) is 4.74 Å². The number of rotatable bonds is 6. The van der Waals surface area contributed by atoms with Gasteiger partial charge in [-0.15, -0.1) is 11.3 Å². The Bertz CT molecular complexity index is 393. The molecule has 0 saturated heterocycles. The van der Waals surface area contributed by atoms with Crippen LogP contribution < -0.4 is 5.32 Å². The minimum Gasteiger partial charge on any atom is -0.382 e. The smallest absolute Gasteiger partial charge is 0.382 e. The molecule has 4 nitrogen and oxygen atoms in total. The summed E-state index contributed by atoms with van der Waals surface area (Å²) in [6.45, 7) is 3.14. The maximum Gasteiger partial charge on any atom is 0.434 e. The lowest BCUT2D eigenvalue weighted by Crippen LogP contribution is -2.26. The van der Waals surface area contributed by atoms with E-state index >= 15 is 0 Å². The summed E-state index contributed by atoms with van der Waals surface area (Å²) in [4.78, 5) is 14.3. The topological polar surface area (TPSA) is 51.2 Å². The van der Waals surface area contributed by atoms with E-state index in [1.54, 1.807) is 0 Å². The van der Waals surface area contributed by atoms with Crippen molar-refractivity contribution in [2.45, 2.75) is 19.5 Å². The van der Waals surface area contributed by atoms with Gasteiger partial charge < -0.3 is 10.1 Å². The number of alkyl halides is 3. The van der Waals surface area contributed by atoms with Gasteiger partial charge in [0.15, 0.2) is 5.69 Å². The third kappa shape index (κ3) is 4.26. The Hall–Kier alpha value is -1.15. The van der Waals surface area contributed by atoms with Gasteiger partial charge in [-0.1, -0.05) is 0 Å². The molecule has 0 spiro atoms. The number of nitrogens with zero attached hydrogens (tertiary/aromatic N) is 1. The predicted molar refractivity (Wildman–Crippen MR) is 60.6 cm³/mol. The Labute approximate surface area is 106 Å². The molecule has 0 aliphatic carbocycles. The summed E-state index contributed by atoms with van der Waals surface area (Å²) < 4.78 is 42.5. The molecule has 0 unspecified atom stereocenters. The monoisotopic (exact) mass is 282 g/mol. The summed E-state index contributed by atoms with van der Waals surface area (Å²) in [6, 6.07) is 0. The lowest BCUT2D eigenvalue weighted by Gasteiger charge is -2.07. The first-order chi connectivity index (χ1) is 8.46. The zero-order valence-corrected chi connectivity index (χ0v) is 10.5. The van der Waals surface area contributed by atoms with Crippen LogP contribution in [-0.4, -0.2) is 30.6 Å². The molecule has 102 valence electrons. The lowest BCUT2D eigenvalue weighted by atomic mass is 10.3. The summed E-state index contributed by atoms with van der Waals surface area (Å²) in [7, 11) is 0. The molecule has 1 amide bonds. The zero-order valence-electron chi connectivity index (χ0n) is 9.71. The van der Waals surface area contributed by atoms with Crippen molar-refractivity contribution in [3.8, 4) is 0 Å². The quantitative estimate of drug-likeness (QED) is 0.815. The second-order valence-corrected chi connectivity index (χ2v) is 4.19. The van der Waals surface area contributed by atoms with E-state index in [0.29, 0.717) is 31.0 Å². The van der Waals surface area contributed by atoms with E-state index in [1.165, 1.54) is 0 Å². The minimum atomic E-state index is -4.60. The molecule has 1 heterocycles. The fourth-order valence-corrected chi connectivity index (χ4v) is 1.93. The second kappa shape index (κ2) is 6.69. The van der Waals surface area contributed by atoms with Gasteiger partial charge in [-0.2, -0.15) is 13.2 Å². The van der Waals surface area contributed by atoms with Gasteiger partial charge in [-0.05, 0) is 13.3 Å². The van der Waals surface area contributed by atoms with Gasteiger partial charge in [-0.25, -0.2) is 4.98 Å². The fraction of sp³-hybridized carbons (Fsp3) is 0.600. The number of aromatic nitrogens is 1. The van der Waals surface area contributed by atoms with Gasteiger partial charge in [0, 0.05) is 19.8 Å². The maximum absolute atomic E-state index is 12.5. The number of thiazole rings is 1. The van der Waals surface area contributed by atoms with E-state index in [2.05, 4.69) is 10.3 Å². The van der Waals surface area contributed by atoms with Crippen LogP contribution >= 0.6 is 11.3 Å². The summed E-state index contributed by atoms with van der Waals surface area (Å²) in [5.41, 5.74) is -0.118. The first kappa shape index (κ1) is 14.9. The molecule has 1 N–H and O–H groups in total. The molecule has 0 aromatic carbocycles. The largest absolute Gasteiger partial charge is 0.434 e. The highest BCUT2D eigenvalue weighted by Gasteiger charge is 2.38. The molecule has 0 saturated carbocycles. The molecule has 0 aliphatic heterocycles. The third-order valence-corrected chi connectivity index (χ3v) is 2.82. The molecule has 18 heavy (non-hydrogen) atoms. The number of nitrogens with one attached hydrogen (secondary N) is 1. The van der Waals surface area contributed by atoms with Crippen molar-refractivity contribution < 1.29 is 22.7 Å². The van der Waals surface area contributed by atoms with Crippen LogP contribution in [0.15, 0.2) is 5.51 Å². The van der Waals surface area contributed by atoms with Crippen LogP contribution in [0.25, 0.3) is 0 Å². The summed E-state index contributed by atoms with van der Waals surface area (Å²) in [5.74, 6) is -0.749. The lowest BCUT2D eigenvalue weighted by molar-refractivity contribution is -0.141. The Morgan fingerprint density at radius 2 is 2.28 bits per heavy atom. The van der Waals surface area contributed by atoms with Crippen molar-refractivity contribution in [3.63, 3.8) is 0 Å². The number of amides is 1. The molecule has 0 bridgehead atoms. The molecular weight excluding hydrogens is 269 g/mol. The number of halogens is 3. The van der Waals surface area contributed by atoms with Crippen molar-refractivity contribution in [1.82, 2.24) is 10.3 Å². The van der Waals surface area contributed by atoms with Gasteiger partial charge in [0.05, 0.1) is 5.51 Å². The first-order valence-corrected chi connectivity index (χ1v) is 6.21. The van der Waals surface area contributed by atoms with Gasteiger partial charge in [0.2, 0.25) is 0 Å². The SMILES string of the molecule is CCOCCCNC(=O)c1scnc1C(F)(F)F. The summed E-state index contributed by atoms with van der Waals surface area (Å²) >= 11 is 0.678. The van der Waals surface area contributed by atoms with E-state index in [1.807, 2.05) is 6.92 Å². The number of hydrogen-bond donors (Lipinski definition) is 1. The minimum absolute atomic E-state index is 0.272. The van der Waals surface area contributed by atoms with E-state index in [9.17, 15) is 18.0 Å². The van der Waals surface area contributed by atoms with Crippen molar-refractivity contribution >= 4 is 17.2 Å². The van der Waals surface area contributed by atoms with E-state index in [-0.39, 0.29) is 6.54 Å². The number of ether oxygens (including phenoxy) is 1. The Morgan fingerprint density at radius 3 is 2.89 bits per heavy atom. The maximum atomic E-state index is 12.5. The normalized spacial score (nSPS) is 11.6. The zero-order chi connectivity index (χ0) is 13.6. The molecule has 0 atom stereocenters. The highest BCUT2D eigenvalue weighted by Crippen LogP contribution is 2.32. The fourth-order valence-electron chi connectivity index (χ4n) is 1.21. The first-order valence-electron chi connectivity index (χ1n) is 5.33. The molecule has 0 aliphatic rings. The van der Waals surface area contributed by atoms with Crippen molar-refractivity contribution in [1.29, 1.82) is 0 Å². The van der Waals surface area contributed by atoms with Gasteiger partial charge >= 0.3 is 6.18 Å². The van der Waals surface area contributed by atoms with Crippen LogP contribution in [0.3, 0.4) is 0 Å². The van der Waals surface area contributed by atoms with Crippen LogP contribution in [0.5, 0.6) is 0 Å². The number of carbonyl (C=O) groups is 1. The average molecular weight is 282 g/mol. The Kier molecular flexibility index (Phi) is 5.54. The van der Waals surface area contributed by atoms with Crippen molar-refractivity contribution in [2.24, 2.45) is 0 Å². The molecular formula is C10H13F3N2O2S. The molecule has 1 rings (SSSR count). The highest BCUT2D eigenvalue weighted by atomic mass is 32.1. The Balaban J connectivity index is 2.50. The Morgan fingerprint density at radius 1 is 1.56 bits per heavy atom. The predicted octanol–water partition coefficient (Wildman–Crippen LogP) is 2.32. The molecule has 1 aromatic rings. The number of carbonyl (C=O) groups excluding carboxylic acids is 1. The standard InChI is InChI=1S/C10H13F3N2O2S/c1-2-17-5-3-4-14-9(16)7-8(10(11,12)13)15-6-18-7/h6H,2-5H2,1H3,(H,14,16). The summed E-state index contributed by atoms with van der Waals surface area (Å²) in [5, 5.41) is 2.41. The highest BCUT2D eigenvalue weighted by molar-refractivity contribution is 7.11. The van der Waals surface area contributed by atoms with Crippen LogP contribution in [0.4, 0.5) is 13.2 Å². The van der Waals surface area contributed by atoms with Gasteiger partial charge in [0.1, 0.15) is 4.88 Å². The summed E-state index contributed by atoms with van der Waals surface area (Å²) in [6.07, 6.45) is -4.04. The second-order valence-electron chi connectivity index (χ2n) is 3.33. The van der Waals surface area contributed by atoms with Crippen LogP contribution in [0.1, 0.15) is 28.7 Å². The van der Waals surface area contributed by atoms with E-state index in [0.717, 1.165) is 5.51 Å². The molecule has 0 fully saturated rings. The third-order valence-electron chi connectivity index (χ3n) is 2.00. The van der Waals surface area contributed by atoms with Crippen molar-refractivity contribution in [2.75, 3.05) is 19.8 Å². The van der Waals surface area contributed by atoms with Crippen LogP contribution in [-0.2, 0) is 10.9 Å². The molecule has 1 aromatic heterocycles. The van der Waals surface area contributed by atoms with Crippen LogP contribution in [0, 0.1) is 0 Å². The molecule has 8 heteroatoms. The van der Waals surface area contributed by atoms with Gasteiger partial charge in [0.25, 0.3) is 5.91 Å².